The van der Waals surface area contributed by atoms with Crippen molar-refractivity contribution in [3.05, 3.63) is 56.4 Å². The van der Waals surface area contributed by atoms with E-state index in [-0.39, 0.29) is 11.3 Å². The fourth-order valence-corrected chi connectivity index (χ4v) is 2.62. The first-order valence-electron chi connectivity index (χ1n) is 5.18. The van der Waals surface area contributed by atoms with E-state index in [0.717, 1.165) is 4.88 Å². The lowest BCUT2D eigenvalue weighted by molar-refractivity contribution is 0.0979. The van der Waals surface area contributed by atoms with Crippen LogP contribution in [0.25, 0.3) is 0 Å². The highest BCUT2D eigenvalue weighted by Gasteiger charge is 2.13. The van der Waals surface area contributed by atoms with Crippen LogP contribution in [0.2, 0.25) is 0 Å². The van der Waals surface area contributed by atoms with Gasteiger partial charge in [-0.1, -0.05) is 12.1 Å². The van der Waals surface area contributed by atoms with Crippen LogP contribution >= 0.6 is 27.3 Å². The van der Waals surface area contributed by atoms with Crippen LogP contribution < -0.4 is 0 Å². The summed E-state index contributed by atoms with van der Waals surface area (Å²) in [6, 6.07) is 8.72. The summed E-state index contributed by atoms with van der Waals surface area (Å²) in [7, 11) is 0. The number of rotatable bonds is 4. The maximum Gasteiger partial charge on any atom is 0.166 e. The Bertz CT molecular complexity index is 522. The Hall–Kier alpha value is -1.000. The van der Waals surface area contributed by atoms with Crippen LogP contribution in [0.4, 0.5) is 4.39 Å². The molecule has 1 aromatic carbocycles. The van der Waals surface area contributed by atoms with Crippen molar-refractivity contribution in [1.29, 1.82) is 0 Å². The molecule has 1 nitrogen and oxygen atoms in total. The second kappa shape index (κ2) is 5.56. The summed E-state index contributed by atoms with van der Waals surface area (Å²) >= 11 is 4.69. The van der Waals surface area contributed by atoms with Gasteiger partial charge in [0.1, 0.15) is 5.82 Å². The molecule has 0 bridgehead atoms. The topological polar surface area (TPSA) is 17.1 Å². The van der Waals surface area contributed by atoms with Gasteiger partial charge >= 0.3 is 0 Å². The molecule has 0 N–H and O–H groups in total. The molecule has 17 heavy (non-hydrogen) atoms. The Balaban J connectivity index is 2.07. The maximum absolute atomic E-state index is 13.7. The van der Waals surface area contributed by atoms with Gasteiger partial charge in [0.15, 0.2) is 5.78 Å². The highest BCUT2D eigenvalue weighted by molar-refractivity contribution is 9.10. The Morgan fingerprint density at radius 3 is 2.82 bits per heavy atom. The molecule has 0 aliphatic heterocycles. The number of halogens is 2. The number of hydrogen-bond donors (Lipinski definition) is 0. The first-order valence-corrected chi connectivity index (χ1v) is 6.85. The molecule has 2 rings (SSSR count). The van der Waals surface area contributed by atoms with E-state index < -0.39 is 5.82 Å². The molecule has 0 spiro atoms. The van der Waals surface area contributed by atoms with E-state index in [9.17, 15) is 9.18 Å². The predicted molar refractivity (Wildman–Crippen MR) is 71.1 cm³/mol. The van der Waals surface area contributed by atoms with E-state index in [1.807, 2.05) is 17.5 Å². The van der Waals surface area contributed by atoms with Gasteiger partial charge in [0.25, 0.3) is 0 Å². The van der Waals surface area contributed by atoms with Crippen LogP contribution in [0.5, 0.6) is 0 Å². The molecule has 0 fully saturated rings. The van der Waals surface area contributed by atoms with Crippen molar-refractivity contribution >= 4 is 33.0 Å². The largest absolute Gasteiger partial charge is 0.294 e. The SMILES string of the molecule is O=C(CCc1cccs1)c1cccc(Br)c1F. The van der Waals surface area contributed by atoms with Crippen LogP contribution in [0.15, 0.2) is 40.2 Å². The van der Waals surface area contributed by atoms with E-state index >= 15 is 0 Å². The third-order valence-corrected chi connectivity index (χ3v) is 3.98. The number of carbonyl (C=O) groups excluding carboxylic acids is 1. The third kappa shape index (κ3) is 3.01. The number of aryl methyl sites for hydroxylation is 1. The van der Waals surface area contributed by atoms with Crippen LogP contribution in [-0.4, -0.2) is 5.78 Å². The summed E-state index contributed by atoms with van der Waals surface area (Å²) in [6.45, 7) is 0. The third-order valence-electron chi connectivity index (χ3n) is 2.43. The molecular formula is C13H10BrFOS. The molecule has 0 saturated heterocycles. The van der Waals surface area contributed by atoms with Gasteiger partial charge in [-0.2, -0.15) is 0 Å². The van der Waals surface area contributed by atoms with Gasteiger partial charge < -0.3 is 0 Å². The molecule has 4 heteroatoms. The van der Waals surface area contributed by atoms with Gasteiger partial charge in [-0.25, -0.2) is 4.39 Å². The van der Waals surface area contributed by atoms with Crippen molar-refractivity contribution in [1.82, 2.24) is 0 Å². The van der Waals surface area contributed by atoms with Crippen molar-refractivity contribution in [2.45, 2.75) is 12.8 Å². The molecule has 0 radical (unpaired) electrons. The highest BCUT2D eigenvalue weighted by Crippen LogP contribution is 2.20. The lowest BCUT2D eigenvalue weighted by Crippen LogP contribution is -2.04. The Labute approximate surface area is 111 Å². The van der Waals surface area contributed by atoms with Gasteiger partial charge in [-0.3, -0.25) is 4.79 Å². The van der Waals surface area contributed by atoms with Gasteiger partial charge in [0.2, 0.25) is 0 Å². The molecule has 2 aromatic rings. The van der Waals surface area contributed by atoms with Gasteiger partial charge in [-0.05, 0) is 45.9 Å². The minimum absolute atomic E-state index is 0.155. The van der Waals surface area contributed by atoms with Crippen LogP contribution in [0, 0.1) is 5.82 Å². The molecule has 0 aliphatic rings. The maximum atomic E-state index is 13.7. The van der Waals surface area contributed by atoms with E-state index in [1.54, 1.807) is 23.5 Å². The van der Waals surface area contributed by atoms with Crippen molar-refractivity contribution in [2.24, 2.45) is 0 Å². The molecule has 0 atom stereocenters. The van der Waals surface area contributed by atoms with Crippen molar-refractivity contribution in [3.8, 4) is 0 Å². The molecule has 0 unspecified atom stereocenters. The summed E-state index contributed by atoms with van der Waals surface area (Å²) in [5.41, 5.74) is 0.163. The van der Waals surface area contributed by atoms with E-state index in [2.05, 4.69) is 15.9 Å². The fraction of sp³-hybridized carbons (Fsp3) is 0.154. The molecule has 88 valence electrons. The lowest BCUT2D eigenvalue weighted by Gasteiger charge is -2.03. The van der Waals surface area contributed by atoms with E-state index in [1.165, 1.54) is 6.07 Å². The van der Waals surface area contributed by atoms with Crippen LogP contribution in [-0.2, 0) is 6.42 Å². The first kappa shape index (κ1) is 12.5. The van der Waals surface area contributed by atoms with E-state index in [0.29, 0.717) is 17.3 Å². The number of Topliss-reactive ketones (excluding diaryl/α,β-unsaturated/α-hetero) is 1. The molecule has 1 aromatic heterocycles. The highest BCUT2D eigenvalue weighted by atomic mass is 79.9. The second-order valence-corrected chi connectivity index (χ2v) is 5.49. The Kier molecular flexibility index (Phi) is 4.07. The minimum Gasteiger partial charge on any atom is -0.294 e. The average Bonchev–Trinajstić information content (AvgIpc) is 2.82. The molecule has 0 aliphatic carbocycles. The summed E-state index contributed by atoms with van der Waals surface area (Å²) in [5.74, 6) is -0.624. The quantitative estimate of drug-likeness (QED) is 0.761. The zero-order valence-electron chi connectivity index (χ0n) is 8.95. The standard InChI is InChI=1S/C13H10BrFOS/c14-11-5-1-4-10(13(11)15)12(16)7-6-9-3-2-8-17-9/h1-5,8H,6-7H2. The number of carbonyl (C=O) groups is 1. The van der Waals surface area contributed by atoms with Crippen molar-refractivity contribution in [2.75, 3.05) is 0 Å². The van der Waals surface area contributed by atoms with Crippen molar-refractivity contribution in [3.63, 3.8) is 0 Å². The van der Waals surface area contributed by atoms with Gasteiger partial charge in [-0.15, -0.1) is 11.3 Å². The zero-order chi connectivity index (χ0) is 12.3. The number of hydrogen-bond acceptors (Lipinski definition) is 2. The average molecular weight is 313 g/mol. The molecule has 0 saturated carbocycles. The summed E-state index contributed by atoms with van der Waals surface area (Å²) in [5, 5.41) is 1.97. The van der Waals surface area contributed by atoms with Gasteiger partial charge in [0, 0.05) is 11.3 Å². The Morgan fingerprint density at radius 2 is 2.12 bits per heavy atom. The molecule has 1 heterocycles. The lowest BCUT2D eigenvalue weighted by atomic mass is 10.1. The number of ketones is 1. The zero-order valence-corrected chi connectivity index (χ0v) is 11.4. The van der Waals surface area contributed by atoms with Crippen LogP contribution in [0.1, 0.15) is 21.7 Å². The first-order chi connectivity index (χ1) is 8.18. The normalized spacial score (nSPS) is 10.5. The number of thiophene rings is 1. The van der Waals surface area contributed by atoms with Gasteiger partial charge in [0.05, 0.1) is 10.0 Å². The predicted octanol–water partition coefficient (Wildman–Crippen LogP) is 4.47. The monoisotopic (exact) mass is 312 g/mol. The number of benzene rings is 1. The molecular weight excluding hydrogens is 303 g/mol. The van der Waals surface area contributed by atoms with Crippen molar-refractivity contribution < 1.29 is 9.18 Å². The smallest absolute Gasteiger partial charge is 0.166 e. The second-order valence-electron chi connectivity index (χ2n) is 3.60. The Morgan fingerprint density at radius 1 is 1.29 bits per heavy atom. The van der Waals surface area contributed by atoms with Crippen LogP contribution in [0.3, 0.4) is 0 Å². The summed E-state index contributed by atoms with van der Waals surface area (Å²) in [6.07, 6.45) is 1.01. The minimum atomic E-state index is -0.469. The molecule has 0 amide bonds. The fourth-order valence-electron chi connectivity index (χ4n) is 1.55. The van der Waals surface area contributed by atoms with E-state index in [4.69, 9.17) is 0 Å². The summed E-state index contributed by atoms with van der Waals surface area (Å²) < 4.78 is 14.0. The summed E-state index contributed by atoms with van der Waals surface area (Å²) in [4.78, 5) is 13.0.